The third kappa shape index (κ3) is 7.87. The summed E-state index contributed by atoms with van der Waals surface area (Å²) >= 11 is 5.71. The molecule has 0 radical (unpaired) electrons. The van der Waals surface area contributed by atoms with Gasteiger partial charge in [0.2, 0.25) is 0 Å². The largest absolute Gasteiger partial charge is 0.478 e. The Labute approximate surface area is 179 Å². The lowest BCUT2D eigenvalue weighted by atomic mass is 10.0. The molecule has 6 nitrogen and oxygen atoms in total. The molecule has 0 aromatic heterocycles. The van der Waals surface area contributed by atoms with Gasteiger partial charge >= 0.3 is 5.97 Å². The Morgan fingerprint density at radius 3 is 1.80 bits per heavy atom. The number of hydrogen-bond acceptors (Lipinski definition) is 5. The van der Waals surface area contributed by atoms with E-state index >= 15 is 0 Å². The van der Waals surface area contributed by atoms with Crippen LogP contribution in [-0.2, 0) is 10.7 Å². The molecule has 0 spiro atoms. The van der Waals surface area contributed by atoms with E-state index in [0.29, 0.717) is 18.1 Å². The monoisotopic (exact) mass is 445 g/mol. The van der Waals surface area contributed by atoms with Crippen LogP contribution < -0.4 is 10.1 Å². The van der Waals surface area contributed by atoms with Gasteiger partial charge in [0, 0.05) is 29.2 Å². The van der Waals surface area contributed by atoms with E-state index in [9.17, 15) is 13.6 Å². The van der Waals surface area contributed by atoms with Crippen molar-refractivity contribution in [2.24, 2.45) is 0 Å². The van der Waals surface area contributed by atoms with E-state index < -0.39 is 17.5 Å². The highest BCUT2D eigenvalue weighted by atomic mass is 35.5. The lowest BCUT2D eigenvalue weighted by Crippen LogP contribution is -2.37. The van der Waals surface area contributed by atoms with Crippen LogP contribution in [0.15, 0.2) is 48.5 Å². The molecule has 0 heterocycles. The number of carboxylic acids is 1. The zero-order chi connectivity index (χ0) is 22.8. The van der Waals surface area contributed by atoms with Crippen LogP contribution in [0.4, 0.5) is 8.78 Å². The van der Waals surface area contributed by atoms with E-state index in [1.165, 1.54) is 62.4 Å². The lowest BCUT2D eigenvalue weighted by Gasteiger charge is -2.22. The van der Waals surface area contributed by atoms with E-state index in [-0.39, 0.29) is 30.1 Å². The highest BCUT2D eigenvalue weighted by Crippen LogP contribution is 2.37. The molecule has 2 rings (SSSR count). The Balaban J connectivity index is 0.000000553. The molecule has 0 amide bonds. The summed E-state index contributed by atoms with van der Waals surface area (Å²) < 4.78 is 34.2. The van der Waals surface area contributed by atoms with Gasteiger partial charge in [-0.3, -0.25) is 0 Å². The smallest absolute Gasteiger partial charge is 0.347 e. The predicted octanol–water partition coefficient (Wildman–Crippen LogP) is 3.28. The third-order valence-corrected chi connectivity index (χ3v) is 4.14. The van der Waals surface area contributed by atoms with Crippen molar-refractivity contribution in [1.82, 2.24) is 5.32 Å². The Morgan fingerprint density at radius 2 is 1.40 bits per heavy atom. The fourth-order valence-electron chi connectivity index (χ4n) is 2.18. The van der Waals surface area contributed by atoms with Crippen molar-refractivity contribution < 1.29 is 33.6 Å². The average molecular weight is 446 g/mol. The summed E-state index contributed by atoms with van der Waals surface area (Å²) in [7, 11) is 0. The standard InChI is InChI=1S/C17H15ClF2O3.C4H11NO2/c1-16(2,15(21)22)23-14-9-5-12(6-10-14)17(19,20)11-3-7-13(18)8-4-11;6-3-1-5-2-4-7/h3-10H,1-2H3,(H,21,22);5-7H,1-4H2. The molecule has 0 saturated carbocycles. The molecule has 0 saturated heterocycles. The van der Waals surface area contributed by atoms with Crippen molar-refractivity contribution in [3.63, 3.8) is 0 Å². The molecule has 2 aromatic carbocycles. The molecule has 30 heavy (non-hydrogen) atoms. The van der Waals surface area contributed by atoms with Gasteiger partial charge in [-0.2, -0.15) is 8.78 Å². The minimum absolute atomic E-state index is 0.139. The lowest BCUT2D eigenvalue weighted by molar-refractivity contribution is -0.152. The van der Waals surface area contributed by atoms with Crippen molar-refractivity contribution in [3.05, 3.63) is 64.7 Å². The van der Waals surface area contributed by atoms with Crippen molar-refractivity contribution >= 4 is 17.6 Å². The normalized spacial score (nSPS) is 11.4. The van der Waals surface area contributed by atoms with Gasteiger partial charge in [0.25, 0.3) is 5.92 Å². The molecule has 0 bridgehead atoms. The molecular weight excluding hydrogens is 420 g/mol. The van der Waals surface area contributed by atoms with E-state index in [2.05, 4.69) is 5.32 Å². The minimum atomic E-state index is -3.19. The molecule has 0 atom stereocenters. The van der Waals surface area contributed by atoms with Crippen LogP contribution in [0, 0.1) is 0 Å². The maximum absolute atomic E-state index is 14.4. The van der Waals surface area contributed by atoms with Gasteiger partial charge in [-0.25, -0.2) is 4.79 Å². The van der Waals surface area contributed by atoms with Gasteiger partial charge in [-0.15, -0.1) is 0 Å². The second-order valence-corrected chi connectivity index (χ2v) is 7.16. The Bertz CT molecular complexity index is 779. The fraction of sp³-hybridized carbons (Fsp3) is 0.381. The molecule has 166 valence electrons. The quantitative estimate of drug-likeness (QED) is 0.442. The summed E-state index contributed by atoms with van der Waals surface area (Å²) in [6.45, 7) is 4.18. The van der Waals surface area contributed by atoms with Crippen molar-refractivity contribution in [2.75, 3.05) is 26.3 Å². The highest BCUT2D eigenvalue weighted by molar-refractivity contribution is 6.30. The first-order valence-corrected chi connectivity index (χ1v) is 9.51. The number of ether oxygens (including phenoxy) is 1. The zero-order valence-corrected chi connectivity index (χ0v) is 17.5. The number of hydrogen-bond donors (Lipinski definition) is 4. The number of rotatable bonds is 9. The number of nitrogens with one attached hydrogen (secondary N) is 1. The van der Waals surface area contributed by atoms with Crippen LogP contribution in [0.1, 0.15) is 25.0 Å². The Hall–Kier alpha value is -2.26. The molecule has 0 aliphatic carbocycles. The molecule has 0 unspecified atom stereocenters. The van der Waals surface area contributed by atoms with Gasteiger partial charge in [-0.1, -0.05) is 23.7 Å². The predicted molar refractivity (Wildman–Crippen MR) is 110 cm³/mol. The van der Waals surface area contributed by atoms with Gasteiger partial charge in [0.1, 0.15) is 5.75 Å². The van der Waals surface area contributed by atoms with Gasteiger partial charge in [0.15, 0.2) is 5.60 Å². The summed E-state index contributed by atoms with van der Waals surface area (Å²) in [5.41, 5.74) is -1.85. The topological polar surface area (TPSA) is 99.0 Å². The number of aliphatic hydroxyl groups excluding tert-OH is 2. The maximum atomic E-state index is 14.4. The number of aliphatic carboxylic acids is 1. The molecule has 9 heteroatoms. The second-order valence-electron chi connectivity index (χ2n) is 6.72. The van der Waals surface area contributed by atoms with E-state index in [1.807, 2.05) is 0 Å². The van der Waals surface area contributed by atoms with Gasteiger partial charge < -0.3 is 25.4 Å². The minimum Gasteiger partial charge on any atom is -0.478 e. The molecule has 0 aliphatic rings. The number of halogens is 3. The van der Waals surface area contributed by atoms with Crippen LogP contribution >= 0.6 is 11.6 Å². The fourth-order valence-corrected chi connectivity index (χ4v) is 2.31. The van der Waals surface area contributed by atoms with Crippen LogP contribution in [0.2, 0.25) is 5.02 Å². The number of alkyl halides is 2. The van der Waals surface area contributed by atoms with Crippen molar-refractivity contribution in [1.29, 1.82) is 0 Å². The first-order valence-electron chi connectivity index (χ1n) is 9.14. The number of carboxylic acid groups (broad SMARTS) is 1. The highest BCUT2D eigenvalue weighted by Gasteiger charge is 2.34. The molecule has 0 aliphatic heterocycles. The first kappa shape index (κ1) is 25.8. The van der Waals surface area contributed by atoms with Crippen LogP contribution in [0.25, 0.3) is 0 Å². The van der Waals surface area contributed by atoms with E-state index in [0.717, 1.165) is 0 Å². The summed E-state index contributed by atoms with van der Waals surface area (Å²) in [4.78, 5) is 11.0. The zero-order valence-electron chi connectivity index (χ0n) is 16.7. The number of benzene rings is 2. The molecular formula is C21H26ClF2NO5. The van der Waals surface area contributed by atoms with Gasteiger partial charge in [-0.05, 0) is 50.2 Å². The van der Waals surface area contributed by atoms with Crippen molar-refractivity contribution in [2.45, 2.75) is 25.4 Å². The van der Waals surface area contributed by atoms with Crippen molar-refractivity contribution in [3.8, 4) is 5.75 Å². The molecule has 4 N–H and O–H groups in total. The van der Waals surface area contributed by atoms with E-state index in [1.54, 1.807) is 0 Å². The summed E-state index contributed by atoms with van der Waals surface area (Å²) in [5.74, 6) is -4.13. The molecule has 2 aromatic rings. The van der Waals surface area contributed by atoms with Crippen LogP contribution in [0.5, 0.6) is 5.75 Å². The number of carbonyl (C=O) groups is 1. The SMILES string of the molecule is CC(C)(Oc1ccc(C(F)(F)c2ccc(Cl)cc2)cc1)C(=O)O.OCCNCCO. The third-order valence-electron chi connectivity index (χ3n) is 3.89. The second kappa shape index (κ2) is 11.8. The first-order chi connectivity index (χ1) is 14.0. The van der Waals surface area contributed by atoms with Gasteiger partial charge in [0.05, 0.1) is 13.2 Å². The van der Waals surface area contributed by atoms with E-state index in [4.69, 9.17) is 31.7 Å². The Morgan fingerprint density at radius 1 is 0.967 bits per heavy atom. The summed E-state index contributed by atoms with van der Waals surface area (Å²) in [6, 6.07) is 10.4. The van der Waals surface area contributed by atoms with Crippen LogP contribution in [0.3, 0.4) is 0 Å². The summed E-state index contributed by atoms with van der Waals surface area (Å²) in [6.07, 6.45) is 0. The Kier molecular flexibility index (Phi) is 10.1. The number of aliphatic hydroxyl groups is 2. The summed E-state index contributed by atoms with van der Waals surface area (Å²) in [5, 5.41) is 28.5. The molecule has 0 fully saturated rings. The average Bonchev–Trinajstić information content (AvgIpc) is 2.69. The maximum Gasteiger partial charge on any atom is 0.347 e. The van der Waals surface area contributed by atoms with Crippen LogP contribution in [-0.4, -0.2) is 53.2 Å².